The van der Waals surface area contributed by atoms with Crippen LogP contribution in [0.15, 0.2) is 48.8 Å². The minimum atomic E-state index is 0.0123. The van der Waals surface area contributed by atoms with Gasteiger partial charge in [0.05, 0.1) is 5.69 Å². The Morgan fingerprint density at radius 3 is 2.67 bits per heavy atom. The van der Waals surface area contributed by atoms with Crippen LogP contribution in [0.2, 0.25) is 0 Å². The number of nitrogens with zero attached hydrogens (tertiary/aromatic N) is 3. The zero-order valence-corrected chi connectivity index (χ0v) is 16.2. The maximum Gasteiger partial charge on any atom is 0.223 e. The Hall–Kier alpha value is -2.62. The first-order chi connectivity index (χ1) is 13.1. The number of rotatable bonds is 4. The first-order valence-electron chi connectivity index (χ1n) is 9.90. The predicted octanol–water partition coefficient (Wildman–Crippen LogP) is 4.49. The van der Waals surface area contributed by atoms with E-state index in [0.29, 0.717) is 6.42 Å². The molecular weight excluding hydrogens is 334 g/mol. The van der Waals surface area contributed by atoms with Crippen molar-refractivity contribution in [2.75, 3.05) is 13.1 Å². The number of benzene rings is 1. The lowest BCUT2D eigenvalue weighted by molar-refractivity contribution is -0.132. The number of hydrogen-bond donors (Lipinski definition) is 0. The molecule has 1 saturated heterocycles. The standard InChI is InChI=1S/C23H27N3O/c1-17-10-13-26-21(16-24-22(26)14-17)20(19-9-5-4-8-18(19)2)15-23(27)25-11-6-3-7-12-25/h4-5,8-10,13-14,16,20H,3,6-7,11-12,15H2,1-2H3. The Bertz CT molecular complexity index is 953. The van der Waals surface area contributed by atoms with E-state index in [9.17, 15) is 4.79 Å². The van der Waals surface area contributed by atoms with E-state index in [0.717, 1.165) is 37.3 Å². The minimum Gasteiger partial charge on any atom is -0.343 e. The molecule has 4 heteroatoms. The van der Waals surface area contributed by atoms with E-state index >= 15 is 0 Å². The maximum atomic E-state index is 13.1. The van der Waals surface area contributed by atoms with Gasteiger partial charge in [-0.15, -0.1) is 0 Å². The zero-order valence-electron chi connectivity index (χ0n) is 16.2. The van der Waals surface area contributed by atoms with Gasteiger partial charge < -0.3 is 9.30 Å². The van der Waals surface area contributed by atoms with E-state index in [4.69, 9.17) is 0 Å². The van der Waals surface area contributed by atoms with Gasteiger partial charge in [-0.2, -0.15) is 0 Å². The second-order valence-electron chi connectivity index (χ2n) is 7.67. The highest BCUT2D eigenvalue weighted by atomic mass is 16.2. The first-order valence-corrected chi connectivity index (χ1v) is 9.90. The van der Waals surface area contributed by atoms with Crippen LogP contribution in [0, 0.1) is 13.8 Å². The lowest BCUT2D eigenvalue weighted by Crippen LogP contribution is -2.36. The monoisotopic (exact) mass is 361 g/mol. The third-order valence-electron chi connectivity index (χ3n) is 5.71. The summed E-state index contributed by atoms with van der Waals surface area (Å²) in [5.74, 6) is 0.267. The average molecular weight is 361 g/mol. The third kappa shape index (κ3) is 3.61. The molecular formula is C23H27N3O. The van der Waals surface area contributed by atoms with Gasteiger partial charge in [0.25, 0.3) is 0 Å². The summed E-state index contributed by atoms with van der Waals surface area (Å²) in [6.07, 6.45) is 7.98. The molecule has 4 rings (SSSR count). The predicted molar refractivity (Wildman–Crippen MR) is 108 cm³/mol. The van der Waals surface area contributed by atoms with Crippen LogP contribution in [0.25, 0.3) is 5.65 Å². The Morgan fingerprint density at radius 1 is 1.11 bits per heavy atom. The van der Waals surface area contributed by atoms with Gasteiger partial charge in [0.15, 0.2) is 0 Å². The fraction of sp³-hybridized carbons (Fsp3) is 0.391. The van der Waals surface area contributed by atoms with Crippen LogP contribution in [-0.2, 0) is 4.79 Å². The summed E-state index contributed by atoms with van der Waals surface area (Å²) < 4.78 is 2.13. The van der Waals surface area contributed by atoms with Crippen LogP contribution in [0.4, 0.5) is 0 Å². The summed E-state index contributed by atoms with van der Waals surface area (Å²) in [6, 6.07) is 12.6. The van der Waals surface area contributed by atoms with Crippen LogP contribution >= 0.6 is 0 Å². The maximum absolute atomic E-state index is 13.1. The van der Waals surface area contributed by atoms with Crippen molar-refractivity contribution in [3.05, 3.63) is 71.2 Å². The molecule has 0 saturated carbocycles. The topological polar surface area (TPSA) is 37.6 Å². The molecule has 1 aromatic carbocycles. The Labute approximate surface area is 160 Å². The quantitative estimate of drug-likeness (QED) is 0.687. The number of imidazole rings is 1. The smallest absolute Gasteiger partial charge is 0.223 e. The molecule has 2 aromatic heterocycles. The lowest BCUT2D eigenvalue weighted by atomic mass is 9.89. The van der Waals surface area contributed by atoms with Crippen molar-refractivity contribution in [2.45, 2.75) is 45.4 Å². The van der Waals surface area contributed by atoms with E-state index < -0.39 is 0 Å². The van der Waals surface area contributed by atoms with E-state index in [1.54, 1.807) is 0 Å². The number of aryl methyl sites for hydroxylation is 2. The average Bonchev–Trinajstić information content (AvgIpc) is 3.10. The molecule has 3 heterocycles. The Kier molecular flexibility index (Phi) is 4.97. The molecule has 140 valence electrons. The van der Waals surface area contributed by atoms with Crippen molar-refractivity contribution < 1.29 is 4.79 Å². The summed E-state index contributed by atoms with van der Waals surface area (Å²) in [5, 5.41) is 0. The molecule has 1 unspecified atom stereocenters. The Balaban J connectivity index is 1.73. The van der Waals surface area contributed by atoms with Crippen LogP contribution in [-0.4, -0.2) is 33.3 Å². The van der Waals surface area contributed by atoms with Crippen molar-refractivity contribution in [1.82, 2.24) is 14.3 Å². The number of hydrogen-bond acceptors (Lipinski definition) is 2. The van der Waals surface area contributed by atoms with Crippen molar-refractivity contribution in [2.24, 2.45) is 0 Å². The number of carbonyl (C=O) groups is 1. The van der Waals surface area contributed by atoms with Crippen LogP contribution in [0.1, 0.15) is 54.0 Å². The highest BCUT2D eigenvalue weighted by Crippen LogP contribution is 2.32. The van der Waals surface area contributed by atoms with Crippen LogP contribution in [0.3, 0.4) is 0 Å². The number of piperidine rings is 1. The largest absolute Gasteiger partial charge is 0.343 e. The molecule has 0 bridgehead atoms. The Morgan fingerprint density at radius 2 is 1.89 bits per heavy atom. The van der Waals surface area contributed by atoms with E-state index in [1.165, 1.54) is 23.1 Å². The second kappa shape index (κ2) is 7.55. The van der Waals surface area contributed by atoms with E-state index in [-0.39, 0.29) is 11.8 Å². The van der Waals surface area contributed by atoms with Gasteiger partial charge in [-0.3, -0.25) is 4.79 Å². The molecule has 1 aliphatic heterocycles. The summed E-state index contributed by atoms with van der Waals surface area (Å²) in [7, 11) is 0. The molecule has 0 radical (unpaired) electrons. The number of aromatic nitrogens is 2. The number of pyridine rings is 1. The highest BCUT2D eigenvalue weighted by Gasteiger charge is 2.26. The summed E-state index contributed by atoms with van der Waals surface area (Å²) in [5.41, 5.74) is 5.65. The fourth-order valence-corrected chi connectivity index (χ4v) is 4.16. The molecule has 1 atom stereocenters. The molecule has 1 fully saturated rings. The van der Waals surface area contributed by atoms with Crippen LogP contribution in [0.5, 0.6) is 0 Å². The lowest BCUT2D eigenvalue weighted by Gasteiger charge is -2.29. The van der Waals surface area contributed by atoms with Gasteiger partial charge >= 0.3 is 0 Å². The van der Waals surface area contributed by atoms with Crippen molar-refractivity contribution in [3.8, 4) is 0 Å². The normalized spacial score (nSPS) is 15.9. The van der Waals surface area contributed by atoms with Gasteiger partial charge in [0, 0.05) is 37.8 Å². The zero-order chi connectivity index (χ0) is 18.8. The molecule has 27 heavy (non-hydrogen) atoms. The SMILES string of the molecule is Cc1ccn2c(C(CC(=O)N3CCCCC3)c3ccccc3C)cnc2c1. The van der Waals surface area contributed by atoms with E-state index in [1.807, 2.05) is 11.1 Å². The summed E-state index contributed by atoms with van der Waals surface area (Å²) >= 11 is 0. The molecule has 0 N–H and O–H groups in total. The number of likely N-dealkylation sites (tertiary alicyclic amines) is 1. The molecule has 0 aliphatic carbocycles. The van der Waals surface area contributed by atoms with Gasteiger partial charge in [0.2, 0.25) is 5.91 Å². The number of carbonyl (C=O) groups excluding carboxylic acids is 1. The van der Waals surface area contributed by atoms with E-state index in [2.05, 4.69) is 65.8 Å². The fourth-order valence-electron chi connectivity index (χ4n) is 4.16. The molecule has 3 aromatic rings. The molecule has 1 amide bonds. The van der Waals surface area contributed by atoms with Gasteiger partial charge in [-0.25, -0.2) is 4.98 Å². The minimum absolute atomic E-state index is 0.0123. The first kappa shape index (κ1) is 17.8. The van der Waals surface area contributed by atoms with Crippen molar-refractivity contribution in [1.29, 1.82) is 0 Å². The number of amides is 1. The highest BCUT2D eigenvalue weighted by molar-refractivity contribution is 5.78. The summed E-state index contributed by atoms with van der Waals surface area (Å²) in [4.78, 5) is 19.7. The molecule has 0 spiro atoms. The van der Waals surface area contributed by atoms with Gasteiger partial charge in [-0.05, 0) is 61.9 Å². The second-order valence-corrected chi connectivity index (χ2v) is 7.67. The summed E-state index contributed by atoms with van der Waals surface area (Å²) in [6.45, 7) is 5.99. The van der Waals surface area contributed by atoms with Crippen molar-refractivity contribution >= 4 is 11.6 Å². The third-order valence-corrected chi connectivity index (χ3v) is 5.71. The van der Waals surface area contributed by atoms with Gasteiger partial charge in [0.1, 0.15) is 5.65 Å². The van der Waals surface area contributed by atoms with Gasteiger partial charge in [-0.1, -0.05) is 24.3 Å². The van der Waals surface area contributed by atoms with Crippen molar-refractivity contribution in [3.63, 3.8) is 0 Å². The number of fused-ring (bicyclic) bond motifs is 1. The van der Waals surface area contributed by atoms with Crippen LogP contribution < -0.4 is 0 Å². The molecule has 4 nitrogen and oxygen atoms in total. The molecule has 1 aliphatic rings.